The number of hydrogen-bond acceptors (Lipinski definition) is 5. The molecule has 2 N–H and O–H groups in total. The molecule has 2 aliphatic heterocycles. The summed E-state index contributed by atoms with van der Waals surface area (Å²) in [5.74, 6) is -3.56. The van der Waals surface area contributed by atoms with E-state index in [0.29, 0.717) is 10.6 Å². The summed E-state index contributed by atoms with van der Waals surface area (Å²) in [6.07, 6.45) is -4.63. The van der Waals surface area contributed by atoms with Crippen molar-refractivity contribution in [3.8, 4) is 17.6 Å². The molecule has 3 heterocycles. The summed E-state index contributed by atoms with van der Waals surface area (Å²) in [7, 11) is 0. The summed E-state index contributed by atoms with van der Waals surface area (Å²) >= 11 is 0. The molecule has 29 heavy (non-hydrogen) atoms. The maximum absolute atomic E-state index is 13.2. The molecule has 1 aromatic carbocycles. The van der Waals surface area contributed by atoms with Gasteiger partial charge in [0.2, 0.25) is 5.88 Å². The first-order valence-electron chi connectivity index (χ1n) is 8.28. The van der Waals surface area contributed by atoms with Crippen LogP contribution in [-0.2, 0) is 15.8 Å². The Kier molecular flexibility index (Phi) is 3.77. The van der Waals surface area contributed by atoms with Crippen LogP contribution in [0.15, 0.2) is 23.0 Å². The van der Waals surface area contributed by atoms with E-state index in [-0.39, 0.29) is 24.3 Å². The van der Waals surface area contributed by atoms with Crippen LogP contribution >= 0.6 is 0 Å². The Morgan fingerprint density at radius 1 is 1.28 bits per heavy atom. The summed E-state index contributed by atoms with van der Waals surface area (Å²) in [4.78, 5) is 36.6. The van der Waals surface area contributed by atoms with Crippen molar-refractivity contribution in [2.75, 3.05) is 6.54 Å². The fourth-order valence-corrected chi connectivity index (χ4v) is 4.03. The lowest BCUT2D eigenvalue weighted by molar-refractivity contribution is -0.156. The average molecular weight is 408 g/mol. The van der Waals surface area contributed by atoms with Crippen molar-refractivity contribution >= 4 is 11.9 Å². The van der Waals surface area contributed by atoms with E-state index >= 15 is 0 Å². The normalized spacial score (nSPS) is 19.9. The van der Waals surface area contributed by atoms with Crippen molar-refractivity contribution in [1.82, 2.24) is 14.0 Å². The lowest BCUT2D eigenvalue weighted by Crippen LogP contribution is -2.41. The Morgan fingerprint density at radius 3 is 2.55 bits per heavy atom. The van der Waals surface area contributed by atoms with Gasteiger partial charge in [0, 0.05) is 6.54 Å². The van der Waals surface area contributed by atoms with E-state index in [9.17, 15) is 32.7 Å². The van der Waals surface area contributed by atoms with Crippen LogP contribution in [-0.4, -0.2) is 42.7 Å². The molecule has 12 heteroatoms. The van der Waals surface area contributed by atoms with Crippen molar-refractivity contribution in [3.05, 3.63) is 45.5 Å². The van der Waals surface area contributed by atoms with E-state index in [0.717, 1.165) is 21.6 Å². The van der Waals surface area contributed by atoms with Crippen molar-refractivity contribution in [2.24, 2.45) is 0 Å². The lowest BCUT2D eigenvalue weighted by atomic mass is 10.1. The van der Waals surface area contributed by atoms with Crippen LogP contribution in [0.5, 0.6) is 5.88 Å². The van der Waals surface area contributed by atoms with Crippen molar-refractivity contribution in [1.29, 1.82) is 5.26 Å². The first kappa shape index (κ1) is 18.6. The predicted octanol–water partition coefficient (Wildman–Crippen LogP) is 1.15. The number of likely N-dealkylation sites (tertiary alicyclic amines) is 1. The smallest absolute Gasteiger partial charge is 0.417 e. The SMILES string of the molecule is N#Cc1ccc(-n2c(O)c3n(c2=O)[C@H]2C[C@@H]3N(C(=O)C(=O)O)C2)cc1C(F)(F)F. The highest BCUT2D eigenvalue weighted by atomic mass is 19.4. The number of aromatic nitrogens is 2. The number of hydrogen-bond donors (Lipinski definition) is 2. The number of rotatable bonds is 1. The summed E-state index contributed by atoms with van der Waals surface area (Å²) in [6.45, 7) is -0.0622. The first-order valence-corrected chi connectivity index (χ1v) is 8.28. The van der Waals surface area contributed by atoms with Gasteiger partial charge < -0.3 is 15.1 Å². The zero-order valence-electron chi connectivity index (χ0n) is 14.3. The Hall–Kier alpha value is -3.75. The number of carboxylic acid groups (broad SMARTS) is 1. The Balaban J connectivity index is 1.86. The van der Waals surface area contributed by atoms with Crippen molar-refractivity contribution in [3.63, 3.8) is 0 Å². The molecular weight excluding hydrogens is 397 g/mol. The number of amides is 1. The van der Waals surface area contributed by atoms with Crippen LogP contribution in [0, 0.1) is 11.3 Å². The molecule has 1 amide bonds. The molecule has 2 atom stereocenters. The standard InChI is InChI=1S/C17H11F3N4O5/c18-17(19,20)10-3-8(2-1-7(10)5-21)24-13(25)12-11-4-9(23(12)16(24)29)6-22(11)14(26)15(27)28/h1-3,9,11,25H,4,6H2,(H,27,28)/t9-,11-/m0/s1. The van der Waals surface area contributed by atoms with E-state index < -0.39 is 52.8 Å². The van der Waals surface area contributed by atoms with E-state index in [2.05, 4.69) is 0 Å². The number of nitriles is 1. The van der Waals surface area contributed by atoms with Gasteiger partial charge in [-0.1, -0.05) is 0 Å². The Morgan fingerprint density at radius 2 is 1.97 bits per heavy atom. The first-order chi connectivity index (χ1) is 13.6. The quantitative estimate of drug-likeness (QED) is 0.681. The van der Waals surface area contributed by atoms with E-state index in [4.69, 9.17) is 10.4 Å². The van der Waals surface area contributed by atoms with Gasteiger partial charge >= 0.3 is 23.7 Å². The number of aromatic hydroxyl groups is 1. The number of alkyl halides is 3. The van der Waals surface area contributed by atoms with Crippen LogP contribution in [0.4, 0.5) is 13.2 Å². The molecule has 2 bridgehead atoms. The highest BCUT2D eigenvalue weighted by molar-refractivity contribution is 6.31. The van der Waals surface area contributed by atoms with Crippen molar-refractivity contribution < 1.29 is 33.0 Å². The summed E-state index contributed by atoms with van der Waals surface area (Å²) in [5.41, 5.74) is -3.06. The number of carbonyl (C=O) groups is 2. The second-order valence-corrected chi connectivity index (χ2v) is 6.70. The summed E-state index contributed by atoms with van der Waals surface area (Å²) in [6, 6.07) is 2.51. The fraction of sp³-hybridized carbons (Fsp3) is 0.294. The van der Waals surface area contributed by atoms with Gasteiger partial charge in [-0.3, -0.25) is 9.36 Å². The molecule has 2 aliphatic rings. The van der Waals surface area contributed by atoms with Gasteiger partial charge in [-0.15, -0.1) is 0 Å². The summed E-state index contributed by atoms with van der Waals surface area (Å²) < 4.78 is 41.5. The largest absolute Gasteiger partial charge is 0.493 e. The third-order valence-electron chi connectivity index (χ3n) is 5.19. The van der Waals surface area contributed by atoms with Crippen LogP contribution in [0.2, 0.25) is 0 Å². The van der Waals surface area contributed by atoms with Crippen LogP contribution < -0.4 is 5.69 Å². The molecule has 1 saturated heterocycles. The molecule has 9 nitrogen and oxygen atoms in total. The number of nitrogens with zero attached hydrogens (tertiary/aromatic N) is 4. The van der Waals surface area contributed by atoms with E-state index in [1.165, 1.54) is 6.07 Å². The van der Waals surface area contributed by atoms with Crippen LogP contribution in [0.1, 0.15) is 35.3 Å². The average Bonchev–Trinajstić information content (AvgIpc) is 3.31. The van der Waals surface area contributed by atoms with Crippen LogP contribution in [0.25, 0.3) is 5.69 Å². The molecule has 150 valence electrons. The van der Waals surface area contributed by atoms with Gasteiger partial charge in [0.25, 0.3) is 0 Å². The molecule has 0 saturated carbocycles. The molecular formula is C17H11F3N4O5. The Labute approximate surface area is 159 Å². The number of carboxylic acids is 1. The number of fused-ring (bicyclic) bond motifs is 5. The monoisotopic (exact) mass is 408 g/mol. The maximum Gasteiger partial charge on any atom is 0.417 e. The molecule has 0 spiro atoms. The molecule has 0 aliphatic carbocycles. The van der Waals surface area contributed by atoms with E-state index in [1.54, 1.807) is 0 Å². The molecule has 4 rings (SSSR count). The third kappa shape index (κ3) is 2.50. The van der Waals surface area contributed by atoms with Gasteiger partial charge in [-0.05, 0) is 24.6 Å². The Bertz CT molecular complexity index is 1170. The van der Waals surface area contributed by atoms with Gasteiger partial charge in [0.1, 0.15) is 5.69 Å². The second-order valence-electron chi connectivity index (χ2n) is 6.70. The fourth-order valence-electron chi connectivity index (χ4n) is 4.03. The molecule has 1 fully saturated rings. The predicted molar refractivity (Wildman–Crippen MR) is 87.2 cm³/mol. The minimum Gasteiger partial charge on any atom is -0.493 e. The van der Waals surface area contributed by atoms with Crippen molar-refractivity contribution in [2.45, 2.75) is 24.7 Å². The molecule has 0 radical (unpaired) electrons. The topological polar surface area (TPSA) is 129 Å². The third-order valence-corrected chi connectivity index (χ3v) is 5.19. The summed E-state index contributed by atoms with van der Waals surface area (Å²) in [5, 5.41) is 28.4. The minimum atomic E-state index is -4.85. The zero-order valence-corrected chi connectivity index (χ0v) is 14.3. The highest BCUT2D eigenvalue weighted by Gasteiger charge is 2.50. The second kappa shape index (κ2) is 5.87. The highest BCUT2D eigenvalue weighted by Crippen LogP contribution is 2.48. The number of imidazole rings is 1. The number of aliphatic carboxylic acids is 1. The maximum atomic E-state index is 13.2. The van der Waals surface area contributed by atoms with Gasteiger partial charge in [-0.25, -0.2) is 14.2 Å². The number of benzene rings is 1. The molecule has 1 aromatic heterocycles. The van der Waals surface area contributed by atoms with Gasteiger partial charge in [0.05, 0.1) is 35.0 Å². The number of carbonyl (C=O) groups excluding carboxylic acids is 1. The van der Waals surface area contributed by atoms with E-state index in [1.807, 2.05) is 0 Å². The van der Waals surface area contributed by atoms with Gasteiger partial charge in [-0.2, -0.15) is 18.4 Å². The molecule has 2 aromatic rings. The molecule has 0 unspecified atom stereocenters. The van der Waals surface area contributed by atoms with Gasteiger partial charge in [0.15, 0.2) is 0 Å². The number of halogens is 3. The zero-order chi connectivity index (χ0) is 21.2. The lowest BCUT2D eigenvalue weighted by Gasteiger charge is -2.25. The minimum absolute atomic E-state index is 0.0289. The van der Waals surface area contributed by atoms with Crippen LogP contribution in [0.3, 0.4) is 0 Å².